The molecule has 1 atom stereocenters. The lowest BCUT2D eigenvalue weighted by Gasteiger charge is -2.23. The largest absolute Gasteiger partial charge is 0.332 e. The molecule has 0 N–H and O–H groups in total. The highest BCUT2D eigenvalue weighted by molar-refractivity contribution is 5.87. The maximum atomic E-state index is 11.5. The van der Waals surface area contributed by atoms with Crippen molar-refractivity contribution in [3.63, 3.8) is 0 Å². The summed E-state index contributed by atoms with van der Waals surface area (Å²) in [6, 6.07) is -0.138. The lowest BCUT2D eigenvalue weighted by Crippen LogP contribution is -2.38. The van der Waals surface area contributed by atoms with Gasteiger partial charge in [-0.15, -0.1) is 0 Å². The lowest BCUT2D eigenvalue weighted by molar-refractivity contribution is -0.135. The summed E-state index contributed by atoms with van der Waals surface area (Å²) < 4.78 is 0. The maximum absolute atomic E-state index is 11.5. The van der Waals surface area contributed by atoms with Crippen LogP contribution in [-0.2, 0) is 9.59 Å². The van der Waals surface area contributed by atoms with E-state index in [9.17, 15) is 9.59 Å². The number of hydrogen-bond donors (Lipinski definition) is 0. The number of hydrogen-bond acceptors (Lipinski definition) is 2. The summed E-state index contributed by atoms with van der Waals surface area (Å²) in [6.07, 6.45) is 5.82. The molecule has 3 heteroatoms. The maximum Gasteiger partial charge on any atom is 0.220 e. The molecule has 1 saturated carbocycles. The number of ketones is 1. The minimum absolute atomic E-state index is 0.0546. The Balaban J connectivity index is 2.18. The Labute approximate surface area is 90.8 Å². The normalized spacial score (nSPS) is 28.7. The van der Waals surface area contributed by atoms with Crippen LogP contribution >= 0.6 is 0 Å². The van der Waals surface area contributed by atoms with E-state index in [1.807, 2.05) is 0 Å². The van der Waals surface area contributed by atoms with Crippen LogP contribution in [0.15, 0.2) is 0 Å². The first kappa shape index (κ1) is 10.7. The van der Waals surface area contributed by atoms with Crippen molar-refractivity contribution in [2.24, 2.45) is 5.41 Å². The van der Waals surface area contributed by atoms with Crippen molar-refractivity contribution in [2.45, 2.75) is 52.0 Å². The fourth-order valence-corrected chi connectivity index (χ4v) is 3.24. The quantitative estimate of drug-likeness (QED) is 0.660. The number of rotatable bonds is 1. The molecule has 1 unspecified atom stereocenters. The van der Waals surface area contributed by atoms with Crippen LogP contribution in [0.2, 0.25) is 0 Å². The second-order valence-electron chi connectivity index (χ2n) is 5.18. The second kappa shape index (κ2) is 3.62. The van der Waals surface area contributed by atoms with Crippen molar-refractivity contribution in [2.75, 3.05) is 6.54 Å². The molecule has 1 aliphatic heterocycles. The minimum Gasteiger partial charge on any atom is -0.332 e. The summed E-state index contributed by atoms with van der Waals surface area (Å²) in [6.45, 7) is 3.99. The molecule has 84 valence electrons. The Morgan fingerprint density at radius 1 is 1.20 bits per heavy atom. The summed E-state index contributed by atoms with van der Waals surface area (Å²) in [7, 11) is 0. The van der Waals surface area contributed by atoms with E-state index in [1.54, 1.807) is 18.7 Å². The van der Waals surface area contributed by atoms with E-state index in [0.29, 0.717) is 0 Å². The highest BCUT2D eigenvalue weighted by Gasteiger charge is 2.47. The van der Waals surface area contributed by atoms with Gasteiger partial charge in [-0.05, 0) is 31.6 Å². The van der Waals surface area contributed by atoms with Crippen molar-refractivity contribution >= 4 is 11.7 Å². The number of nitrogens with zero attached hydrogens (tertiary/aromatic N) is 1. The van der Waals surface area contributed by atoms with Gasteiger partial charge in [0.15, 0.2) is 5.78 Å². The van der Waals surface area contributed by atoms with Crippen molar-refractivity contribution in [1.82, 2.24) is 4.90 Å². The molecule has 2 aliphatic rings. The number of carbonyl (C=O) groups is 2. The topological polar surface area (TPSA) is 37.4 Å². The van der Waals surface area contributed by atoms with Gasteiger partial charge in [0.25, 0.3) is 0 Å². The summed E-state index contributed by atoms with van der Waals surface area (Å²) in [4.78, 5) is 24.8. The zero-order valence-electron chi connectivity index (χ0n) is 9.58. The second-order valence-corrected chi connectivity index (χ2v) is 5.18. The van der Waals surface area contributed by atoms with E-state index in [4.69, 9.17) is 0 Å². The standard InChI is InChI=1S/C12H19NO2/c1-9(14)11-7-12(5-3-4-6-12)8-13(11)10(2)15/h11H,3-8H2,1-2H3. The van der Waals surface area contributed by atoms with Gasteiger partial charge in [0.2, 0.25) is 5.91 Å². The molecule has 0 aromatic rings. The number of Topliss-reactive ketones (excluding diaryl/α,β-unsaturated/α-hetero) is 1. The number of amides is 1. The van der Waals surface area contributed by atoms with Crippen molar-refractivity contribution in [1.29, 1.82) is 0 Å². The summed E-state index contributed by atoms with van der Waals surface area (Å²) in [5, 5.41) is 0. The Morgan fingerprint density at radius 2 is 1.80 bits per heavy atom. The fraction of sp³-hybridized carbons (Fsp3) is 0.833. The number of likely N-dealkylation sites (tertiary alicyclic amines) is 1. The van der Waals surface area contributed by atoms with Gasteiger partial charge in [-0.2, -0.15) is 0 Å². The van der Waals surface area contributed by atoms with E-state index in [1.165, 1.54) is 25.7 Å². The van der Waals surface area contributed by atoms with Gasteiger partial charge >= 0.3 is 0 Å². The molecule has 0 radical (unpaired) electrons. The van der Waals surface area contributed by atoms with Gasteiger partial charge in [-0.25, -0.2) is 0 Å². The van der Waals surface area contributed by atoms with Crippen LogP contribution < -0.4 is 0 Å². The molecule has 2 fully saturated rings. The molecule has 15 heavy (non-hydrogen) atoms. The van der Waals surface area contributed by atoms with E-state index >= 15 is 0 Å². The van der Waals surface area contributed by atoms with Crippen LogP contribution in [0.3, 0.4) is 0 Å². The summed E-state index contributed by atoms with van der Waals surface area (Å²) in [5.74, 6) is 0.202. The predicted molar refractivity (Wildman–Crippen MR) is 57.4 cm³/mol. The van der Waals surface area contributed by atoms with Crippen LogP contribution in [0.5, 0.6) is 0 Å². The third kappa shape index (κ3) is 1.80. The molecule has 0 bridgehead atoms. The Hall–Kier alpha value is -0.860. The smallest absolute Gasteiger partial charge is 0.220 e. The molecule has 3 nitrogen and oxygen atoms in total. The van der Waals surface area contributed by atoms with Gasteiger partial charge in [0.05, 0.1) is 6.04 Å². The Bertz CT molecular complexity index is 268. The first-order chi connectivity index (χ1) is 7.04. The van der Waals surface area contributed by atoms with Crippen LogP contribution in [-0.4, -0.2) is 29.2 Å². The Kier molecular flexibility index (Phi) is 2.57. The molecule has 2 rings (SSSR count). The average molecular weight is 209 g/mol. The molecule has 1 saturated heterocycles. The average Bonchev–Trinajstić information content (AvgIpc) is 2.74. The highest BCUT2D eigenvalue weighted by atomic mass is 16.2. The van der Waals surface area contributed by atoms with Crippen molar-refractivity contribution < 1.29 is 9.59 Å². The molecule has 1 aliphatic carbocycles. The van der Waals surface area contributed by atoms with Crippen LogP contribution in [0.25, 0.3) is 0 Å². The fourth-order valence-electron chi connectivity index (χ4n) is 3.24. The zero-order chi connectivity index (χ0) is 11.1. The molecular formula is C12H19NO2. The SMILES string of the molecule is CC(=O)C1CC2(CCCC2)CN1C(C)=O. The van der Waals surface area contributed by atoms with Crippen LogP contribution in [0, 0.1) is 5.41 Å². The molecule has 1 spiro atoms. The van der Waals surface area contributed by atoms with E-state index in [2.05, 4.69) is 0 Å². The monoisotopic (exact) mass is 209 g/mol. The summed E-state index contributed by atoms with van der Waals surface area (Å²) >= 11 is 0. The third-order valence-corrected chi connectivity index (χ3v) is 4.05. The van der Waals surface area contributed by atoms with Gasteiger partial charge in [0, 0.05) is 13.5 Å². The van der Waals surface area contributed by atoms with E-state index in [0.717, 1.165) is 13.0 Å². The first-order valence-corrected chi connectivity index (χ1v) is 5.82. The van der Waals surface area contributed by atoms with Gasteiger partial charge in [-0.1, -0.05) is 12.8 Å². The van der Waals surface area contributed by atoms with Crippen LogP contribution in [0.1, 0.15) is 46.0 Å². The van der Waals surface area contributed by atoms with Gasteiger partial charge in [-0.3, -0.25) is 9.59 Å². The summed E-state index contributed by atoms with van der Waals surface area (Å²) in [5.41, 5.74) is 0.280. The highest BCUT2D eigenvalue weighted by Crippen LogP contribution is 2.47. The Morgan fingerprint density at radius 3 is 2.20 bits per heavy atom. The molecule has 0 aromatic heterocycles. The lowest BCUT2D eigenvalue weighted by atomic mass is 9.83. The predicted octanol–water partition coefficient (Wildman–Crippen LogP) is 1.76. The molecule has 0 aromatic carbocycles. The third-order valence-electron chi connectivity index (χ3n) is 4.05. The van der Waals surface area contributed by atoms with Crippen LogP contribution in [0.4, 0.5) is 0 Å². The van der Waals surface area contributed by atoms with E-state index in [-0.39, 0.29) is 23.1 Å². The minimum atomic E-state index is -0.138. The van der Waals surface area contributed by atoms with Crippen molar-refractivity contribution in [3.05, 3.63) is 0 Å². The molecular weight excluding hydrogens is 190 g/mol. The van der Waals surface area contributed by atoms with Crippen molar-refractivity contribution in [3.8, 4) is 0 Å². The first-order valence-electron chi connectivity index (χ1n) is 5.82. The van der Waals surface area contributed by atoms with Gasteiger partial charge < -0.3 is 4.90 Å². The number of carbonyl (C=O) groups excluding carboxylic acids is 2. The molecule has 1 amide bonds. The van der Waals surface area contributed by atoms with E-state index < -0.39 is 0 Å². The van der Waals surface area contributed by atoms with Gasteiger partial charge in [0.1, 0.15) is 0 Å². The zero-order valence-corrected chi connectivity index (χ0v) is 9.58. The molecule has 1 heterocycles.